The van der Waals surface area contributed by atoms with Crippen molar-refractivity contribution in [2.24, 2.45) is 0 Å². The molecule has 0 bridgehead atoms. The van der Waals surface area contributed by atoms with Gasteiger partial charge in [-0.15, -0.1) is 21.5 Å². The van der Waals surface area contributed by atoms with Crippen molar-refractivity contribution >= 4 is 57.3 Å². The van der Waals surface area contributed by atoms with E-state index in [1.165, 1.54) is 23.1 Å². The summed E-state index contributed by atoms with van der Waals surface area (Å²) in [4.78, 5) is 17.9. The molecular weight excluding hydrogens is 515 g/mol. The lowest BCUT2D eigenvalue weighted by Gasteiger charge is -2.07. The summed E-state index contributed by atoms with van der Waals surface area (Å²) in [6.07, 6.45) is 1.21. The van der Waals surface area contributed by atoms with E-state index >= 15 is 0 Å². The van der Waals surface area contributed by atoms with E-state index in [0.29, 0.717) is 51.5 Å². The Morgan fingerprint density at radius 3 is 2.79 bits per heavy atom. The van der Waals surface area contributed by atoms with E-state index in [9.17, 15) is 4.79 Å². The van der Waals surface area contributed by atoms with E-state index in [1.54, 1.807) is 18.2 Å². The van der Waals surface area contributed by atoms with Crippen molar-refractivity contribution in [1.82, 2.24) is 15.2 Å². The van der Waals surface area contributed by atoms with Crippen molar-refractivity contribution in [3.63, 3.8) is 0 Å². The number of nitrogens with zero attached hydrogens (tertiary/aromatic N) is 3. The molecule has 11 heteroatoms. The first-order valence-corrected chi connectivity index (χ1v) is 12.9. The molecular formula is C23H20Cl2N4O3S2. The topological polar surface area (TPSA) is 90.1 Å². The van der Waals surface area contributed by atoms with Crippen LogP contribution in [0.1, 0.15) is 17.2 Å². The van der Waals surface area contributed by atoms with Gasteiger partial charge in [-0.05, 0) is 31.5 Å². The van der Waals surface area contributed by atoms with Crippen LogP contribution in [0.5, 0.6) is 5.75 Å². The van der Waals surface area contributed by atoms with Gasteiger partial charge < -0.3 is 14.5 Å². The first-order chi connectivity index (χ1) is 16.5. The van der Waals surface area contributed by atoms with Crippen LogP contribution in [0, 0.1) is 6.92 Å². The lowest BCUT2D eigenvalue weighted by molar-refractivity contribution is -0.113. The molecule has 0 fully saturated rings. The maximum atomic E-state index is 12.4. The minimum absolute atomic E-state index is 0.138. The smallest absolute Gasteiger partial charge is 0.277 e. The number of nitrogens with one attached hydrogen (secondary N) is 1. The molecule has 0 spiro atoms. The summed E-state index contributed by atoms with van der Waals surface area (Å²) in [5.74, 6) is 1.01. The Hall–Kier alpha value is -2.59. The second kappa shape index (κ2) is 11.7. The lowest BCUT2D eigenvalue weighted by Crippen LogP contribution is -2.13. The first-order valence-electron chi connectivity index (χ1n) is 10.3. The number of halogens is 2. The second-order valence-corrected chi connectivity index (χ2v) is 10.1. The molecule has 0 saturated heterocycles. The summed E-state index contributed by atoms with van der Waals surface area (Å²) in [6, 6.07) is 15.0. The summed E-state index contributed by atoms with van der Waals surface area (Å²) in [5, 5.41) is 12.8. The highest BCUT2D eigenvalue weighted by molar-refractivity contribution is 7.99. The molecule has 2 aromatic heterocycles. The number of aromatic nitrogens is 3. The quantitative estimate of drug-likeness (QED) is 0.182. The van der Waals surface area contributed by atoms with Gasteiger partial charge in [0.15, 0.2) is 5.13 Å². The number of ether oxygens (including phenoxy) is 1. The monoisotopic (exact) mass is 534 g/mol. The molecule has 4 aromatic rings. The number of amides is 1. The molecule has 176 valence electrons. The van der Waals surface area contributed by atoms with Crippen LogP contribution in [0.2, 0.25) is 10.0 Å². The largest absolute Gasteiger partial charge is 0.492 e. The number of carbonyl (C=O) groups is 1. The van der Waals surface area contributed by atoms with E-state index < -0.39 is 0 Å². The highest BCUT2D eigenvalue weighted by Crippen LogP contribution is 2.30. The molecule has 0 aliphatic heterocycles. The van der Waals surface area contributed by atoms with Gasteiger partial charge in [0.1, 0.15) is 5.75 Å². The molecule has 4 rings (SSSR count). The summed E-state index contributed by atoms with van der Waals surface area (Å²) < 4.78 is 11.3. The Labute approximate surface area is 214 Å². The van der Waals surface area contributed by atoms with Gasteiger partial charge >= 0.3 is 0 Å². The second-order valence-electron chi connectivity index (χ2n) is 7.12. The highest BCUT2D eigenvalue weighted by atomic mass is 35.5. The van der Waals surface area contributed by atoms with Crippen LogP contribution in [0.3, 0.4) is 0 Å². The molecule has 0 aliphatic rings. The number of anilines is 1. The predicted octanol–water partition coefficient (Wildman–Crippen LogP) is 6.55. The maximum Gasteiger partial charge on any atom is 0.277 e. The molecule has 0 atom stereocenters. The minimum Gasteiger partial charge on any atom is -0.492 e. The zero-order valence-electron chi connectivity index (χ0n) is 18.1. The predicted molar refractivity (Wildman–Crippen MR) is 136 cm³/mol. The van der Waals surface area contributed by atoms with Crippen LogP contribution in [0.15, 0.2) is 58.2 Å². The summed E-state index contributed by atoms with van der Waals surface area (Å²) in [5.41, 5.74) is 1.89. The zero-order valence-corrected chi connectivity index (χ0v) is 21.2. The minimum atomic E-state index is -0.189. The van der Waals surface area contributed by atoms with Gasteiger partial charge in [0.05, 0.1) is 23.1 Å². The van der Waals surface area contributed by atoms with Crippen molar-refractivity contribution in [2.75, 3.05) is 17.7 Å². The number of benzene rings is 2. The van der Waals surface area contributed by atoms with Gasteiger partial charge in [-0.3, -0.25) is 4.79 Å². The summed E-state index contributed by atoms with van der Waals surface area (Å²) in [6.45, 7) is 2.42. The third kappa shape index (κ3) is 6.73. The van der Waals surface area contributed by atoms with Crippen LogP contribution >= 0.6 is 46.3 Å². The van der Waals surface area contributed by atoms with E-state index in [0.717, 1.165) is 16.1 Å². The Morgan fingerprint density at radius 1 is 1.18 bits per heavy atom. The Kier molecular flexibility index (Phi) is 8.44. The van der Waals surface area contributed by atoms with E-state index in [2.05, 4.69) is 20.5 Å². The van der Waals surface area contributed by atoms with Crippen LogP contribution in [-0.4, -0.2) is 33.4 Å². The number of hydrogen-bond acceptors (Lipinski definition) is 8. The first kappa shape index (κ1) is 24.5. The van der Waals surface area contributed by atoms with Crippen molar-refractivity contribution in [3.8, 4) is 17.0 Å². The molecule has 1 N–H and O–H groups in total. The molecule has 2 heterocycles. The van der Waals surface area contributed by atoms with Crippen molar-refractivity contribution in [1.29, 1.82) is 0 Å². The Morgan fingerprint density at radius 2 is 2.00 bits per heavy atom. The van der Waals surface area contributed by atoms with Gasteiger partial charge in [0.25, 0.3) is 5.22 Å². The molecule has 0 unspecified atom stereocenters. The van der Waals surface area contributed by atoms with Gasteiger partial charge in [0.2, 0.25) is 11.8 Å². The number of aryl methyl sites for hydroxylation is 2. The van der Waals surface area contributed by atoms with Crippen LogP contribution in [0.25, 0.3) is 11.3 Å². The number of rotatable bonds is 10. The molecule has 0 aliphatic carbocycles. The van der Waals surface area contributed by atoms with E-state index in [1.807, 2.05) is 37.3 Å². The third-order valence-corrected chi connectivity index (χ3v) is 6.79. The number of hydrogen-bond donors (Lipinski definition) is 1. The molecule has 2 aromatic carbocycles. The van der Waals surface area contributed by atoms with Crippen LogP contribution in [-0.2, 0) is 11.2 Å². The van der Waals surface area contributed by atoms with Crippen molar-refractivity contribution < 1.29 is 13.9 Å². The summed E-state index contributed by atoms with van der Waals surface area (Å²) in [7, 11) is 0. The van der Waals surface area contributed by atoms with Crippen molar-refractivity contribution in [3.05, 3.63) is 69.3 Å². The fraction of sp³-hybridized carbons (Fsp3) is 0.217. The molecule has 34 heavy (non-hydrogen) atoms. The van der Waals surface area contributed by atoms with E-state index in [-0.39, 0.29) is 11.7 Å². The van der Waals surface area contributed by atoms with Crippen LogP contribution in [0.4, 0.5) is 5.13 Å². The fourth-order valence-corrected chi connectivity index (χ4v) is 4.89. The standard InChI is InChI=1S/C23H20Cl2N4O3S2/c1-14-21(15-6-3-2-4-7-15)27-22(34-14)26-19(30)13-33-23-29-28-20(32-23)8-5-11-31-18-10-9-16(24)12-17(18)25/h2-4,6-7,9-10,12H,5,8,11,13H2,1H3,(H,26,27,30). The molecule has 7 nitrogen and oxygen atoms in total. The Bertz CT molecular complexity index is 1260. The van der Waals surface area contributed by atoms with Gasteiger partial charge in [-0.2, -0.15) is 0 Å². The van der Waals surface area contributed by atoms with E-state index in [4.69, 9.17) is 32.4 Å². The van der Waals surface area contributed by atoms with Crippen molar-refractivity contribution in [2.45, 2.75) is 25.0 Å². The molecule has 0 saturated carbocycles. The normalized spacial score (nSPS) is 10.9. The molecule has 0 radical (unpaired) electrons. The third-order valence-electron chi connectivity index (χ3n) is 4.55. The number of carbonyl (C=O) groups excluding carboxylic acids is 1. The SMILES string of the molecule is Cc1sc(NC(=O)CSc2nnc(CCCOc3ccc(Cl)cc3Cl)o2)nc1-c1ccccc1. The average Bonchev–Trinajstić information content (AvgIpc) is 3.43. The lowest BCUT2D eigenvalue weighted by atomic mass is 10.1. The molecule has 1 amide bonds. The van der Waals surface area contributed by atoms with Crippen LogP contribution < -0.4 is 10.1 Å². The average molecular weight is 535 g/mol. The van der Waals surface area contributed by atoms with Gasteiger partial charge in [0, 0.05) is 21.9 Å². The summed E-state index contributed by atoms with van der Waals surface area (Å²) >= 11 is 14.6. The number of thioether (sulfide) groups is 1. The highest BCUT2D eigenvalue weighted by Gasteiger charge is 2.14. The van der Waals surface area contributed by atoms with Gasteiger partial charge in [-0.1, -0.05) is 65.3 Å². The fourth-order valence-electron chi connectivity index (χ4n) is 2.99. The maximum absolute atomic E-state index is 12.4. The number of thiazole rings is 1. The zero-order chi connectivity index (χ0) is 23.9. The Balaban J connectivity index is 1.20. The van der Waals surface area contributed by atoms with Gasteiger partial charge in [-0.25, -0.2) is 4.98 Å².